The summed E-state index contributed by atoms with van der Waals surface area (Å²) in [6.45, 7) is 6.26. The molecule has 0 radical (unpaired) electrons. The van der Waals surface area contributed by atoms with Crippen LogP contribution in [0.25, 0.3) is 22.2 Å². The normalized spacial score (nSPS) is 15.7. The molecule has 0 saturated heterocycles. The first-order valence-electron chi connectivity index (χ1n) is 8.30. The third-order valence-electron chi connectivity index (χ3n) is 4.25. The molecule has 0 spiro atoms. The van der Waals surface area contributed by atoms with Crippen molar-refractivity contribution in [3.8, 4) is 22.9 Å². The number of hydrogen-bond acceptors (Lipinski definition) is 5. The molecule has 25 heavy (non-hydrogen) atoms. The van der Waals surface area contributed by atoms with Crippen LogP contribution in [0.15, 0.2) is 30.6 Å². The number of carbonyl (C=O) groups is 1. The summed E-state index contributed by atoms with van der Waals surface area (Å²) in [5.74, 6) is 0.737. The summed E-state index contributed by atoms with van der Waals surface area (Å²) in [6, 6.07) is 6.02. The van der Waals surface area contributed by atoms with E-state index in [1.54, 1.807) is 6.20 Å². The van der Waals surface area contributed by atoms with Crippen molar-refractivity contribution in [1.29, 1.82) is 0 Å². The second-order valence-corrected chi connectivity index (χ2v) is 6.72. The Bertz CT molecular complexity index is 975. The van der Waals surface area contributed by atoms with Crippen LogP contribution in [0.4, 0.5) is 0 Å². The quantitative estimate of drug-likeness (QED) is 0.787. The second kappa shape index (κ2) is 5.58. The zero-order valence-electron chi connectivity index (χ0n) is 14.4. The molecule has 0 aliphatic carbocycles. The minimum atomic E-state index is -0.488. The smallest absolute Gasteiger partial charge is 0.318 e. The fourth-order valence-corrected chi connectivity index (χ4v) is 3.15. The number of ketones is 1. The molecule has 3 aromatic rings. The van der Waals surface area contributed by atoms with Gasteiger partial charge in [-0.1, -0.05) is 6.07 Å². The highest BCUT2D eigenvalue weighted by Crippen LogP contribution is 2.37. The van der Waals surface area contributed by atoms with Crippen LogP contribution in [0.2, 0.25) is 0 Å². The molecule has 1 N–H and O–H groups in total. The van der Waals surface area contributed by atoms with Crippen molar-refractivity contribution in [2.24, 2.45) is 0 Å². The third kappa shape index (κ3) is 2.73. The Kier molecular flexibility index (Phi) is 3.49. The number of rotatable bonds is 3. The molecule has 0 fully saturated rings. The number of nitrogens with one attached hydrogen (secondary N) is 1. The zero-order chi connectivity index (χ0) is 17.6. The Labute approximate surface area is 145 Å². The van der Waals surface area contributed by atoms with E-state index in [2.05, 4.69) is 15.0 Å². The van der Waals surface area contributed by atoms with Crippen LogP contribution in [0, 0.1) is 0 Å². The van der Waals surface area contributed by atoms with Gasteiger partial charge in [-0.05, 0) is 38.5 Å². The fourth-order valence-electron chi connectivity index (χ4n) is 3.15. The summed E-state index contributed by atoms with van der Waals surface area (Å²) in [5, 5.41) is 0.893. The van der Waals surface area contributed by atoms with Gasteiger partial charge in [0, 0.05) is 23.3 Å². The average molecular weight is 337 g/mol. The number of carbonyl (C=O) groups excluding carboxylic acids is 1. The molecule has 0 unspecified atom stereocenters. The number of hydrogen-bond donors (Lipinski definition) is 1. The molecule has 2 aromatic heterocycles. The lowest BCUT2D eigenvalue weighted by Gasteiger charge is -2.31. The molecular weight excluding hydrogens is 318 g/mol. The largest absolute Gasteiger partial charge is 0.487 e. The van der Waals surface area contributed by atoms with E-state index in [4.69, 9.17) is 9.47 Å². The molecule has 0 bridgehead atoms. The first kappa shape index (κ1) is 15.6. The first-order valence-corrected chi connectivity index (χ1v) is 8.30. The molecule has 0 saturated carbocycles. The number of benzene rings is 1. The Balaban J connectivity index is 1.78. The van der Waals surface area contributed by atoms with Crippen molar-refractivity contribution >= 4 is 16.8 Å². The molecule has 4 rings (SSSR count). The van der Waals surface area contributed by atoms with Crippen LogP contribution >= 0.6 is 0 Å². The highest BCUT2D eigenvalue weighted by atomic mass is 16.5. The van der Waals surface area contributed by atoms with E-state index in [1.165, 1.54) is 0 Å². The lowest BCUT2D eigenvalue weighted by molar-refractivity contribution is 0.0620. The summed E-state index contributed by atoms with van der Waals surface area (Å²) in [6.07, 6.45) is 4.02. The van der Waals surface area contributed by atoms with Crippen molar-refractivity contribution in [1.82, 2.24) is 15.0 Å². The van der Waals surface area contributed by atoms with Crippen LogP contribution in [-0.2, 0) is 0 Å². The molecule has 3 heterocycles. The van der Waals surface area contributed by atoms with Crippen molar-refractivity contribution in [2.45, 2.75) is 32.8 Å². The molecular formula is C19H19N3O3. The van der Waals surface area contributed by atoms with E-state index < -0.39 is 5.60 Å². The predicted octanol–water partition coefficient (Wildman–Crippen LogP) is 3.77. The maximum atomic E-state index is 12.3. The van der Waals surface area contributed by atoms with E-state index in [-0.39, 0.29) is 5.78 Å². The number of Topliss-reactive ketones (excluding diaryl/α,β-unsaturated/α-hetero) is 1. The lowest BCUT2D eigenvalue weighted by Crippen LogP contribution is -2.35. The van der Waals surface area contributed by atoms with E-state index in [1.807, 2.05) is 45.2 Å². The number of nitrogens with zero attached hydrogens (tertiary/aromatic N) is 2. The second-order valence-electron chi connectivity index (χ2n) is 6.72. The minimum Gasteiger partial charge on any atom is -0.487 e. The highest BCUT2D eigenvalue weighted by molar-refractivity contribution is 6.02. The van der Waals surface area contributed by atoms with E-state index in [9.17, 15) is 4.79 Å². The highest BCUT2D eigenvalue weighted by Gasteiger charge is 2.32. The van der Waals surface area contributed by atoms with Crippen molar-refractivity contribution in [3.63, 3.8) is 0 Å². The standard InChI is InChI=1S/C19H19N3O3/c1-4-24-18-21-10-14-13(9-20-17(14)22-18)11-5-6-12-15(23)8-19(2,3)25-16(12)7-11/h5-7,9-10H,4,8H2,1-3H3,(H,20,21,22). The monoisotopic (exact) mass is 337 g/mol. The van der Waals surface area contributed by atoms with Crippen LogP contribution < -0.4 is 9.47 Å². The van der Waals surface area contributed by atoms with Gasteiger partial charge in [0.25, 0.3) is 0 Å². The molecule has 0 amide bonds. The van der Waals surface area contributed by atoms with E-state index in [0.29, 0.717) is 36.0 Å². The van der Waals surface area contributed by atoms with Gasteiger partial charge in [-0.3, -0.25) is 4.79 Å². The Morgan fingerprint density at radius 3 is 2.96 bits per heavy atom. The van der Waals surface area contributed by atoms with Gasteiger partial charge in [0.15, 0.2) is 5.78 Å². The molecule has 1 aliphatic heterocycles. The molecule has 1 aromatic carbocycles. The Morgan fingerprint density at radius 2 is 2.16 bits per heavy atom. The number of H-pyrrole nitrogens is 1. The number of aromatic nitrogens is 3. The van der Waals surface area contributed by atoms with Gasteiger partial charge in [0.1, 0.15) is 17.0 Å². The number of aromatic amines is 1. The van der Waals surface area contributed by atoms with Gasteiger partial charge in [-0.2, -0.15) is 4.98 Å². The van der Waals surface area contributed by atoms with Gasteiger partial charge >= 0.3 is 6.01 Å². The van der Waals surface area contributed by atoms with Gasteiger partial charge in [-0.15, -0.1) is 0 Å². The molecule has 6 nitrogen and oxygen atoms in total. The Hall–Kier alpha value is -2.89. The average Bonchev–Trinajstić information content (AvgIpc) is 2.96. The zero-order valence-corrected chi connectivity index (χ0v) is 14.4. The minimum absolute atomic E-state index is 0.112. The Morgan fingerprint density at radius 1 is 1.32 bits per heavy atom. The van der Waals surface area contributed by atoms with Gasteiger partial charge < -0.3 is 14.5 Å². The van der Waals surface area contributed by atoms with Crippen LogP contribution in [-0.4, -0.2) is 32.9 Å². The molecule has 0 atom stereocenters. The van der Waals surface area contributed by atoms with Crippen molar-refractivity contribution in [3.05, 3.63) is 36.2 Å². The SMILES string of the molecule is CCOc1ncc2c(-c3ccc4c(c3)OC(C)(C)CC4=O)c[nH]c2n1. The summed E-state index contributed by atoms with van der Waals surface area (Å²) in [7, 11) is 0. The topological polar surface area (TPSA) is 77.1 Å². The van der Waals surface area contributed by atoms with Crippen LogP contribution in [0.5, 0.6) is 11.8 Å². The van der Waals surface area contributed by atoms with E-state index in [0.717, 1.165) is 16.5 Å². The van der Waals surface area contributed by atoms with Crippen LogP contribution in [0.3, 0.4) is 0 Å². The van der Waals surface area contributed by atoms with Crippen molar-refractivity contribution < 1.29 is 14.3 Å². The predicted molar refractivity (Wildman–Crippen MR) is 94.1 cm³/mol. The first-order chi connectivity index (χ1) is 12.0. The van der Waals surface area contributed by atoms with E-state index >= 15 is 0 Å². The summed E-state index contributed by atoms with van der Waals surface area (Å²) >= 11 is 0. The maximum Gasteiger partial charge on any atom is 0.318 e. The molecule has 6 heteroatoms. The molecule has 1 aliphatic rings. The fraction of sp³-hybridized carbons (Fsp3) is 0.316. The lowest BCUT2D eigenvalue weighted by atomic mass is 9.91. The summed E-state index contributed by atoms with van der Waals surface area (Å²) < 4.78 is 11.3. The van der Waals surface area contributed by atoms with Crippen molar-refractivity contribution in [2.75, 3.05) is 6.61 Å². The van der Waals surface area contributed by atoms with Gasteiger partial charge in [0.2, 0.25) is 0 Å². The van der Waals surface area contributed by atoms with Crippen LogP contribution in [0.1, 0.15) is 37.6 Å². The summed E-state index contributed by atoms with van der Waals surface area (Å²) in [4.78, 5) is 24.0. The third-order valence-corrected chi connectivity index (χ3v) is 4.25. The summed E-state index contributed by atoms with van der Waals surface area (Å²) in [5.41, 5.74) is 2.77. The maximum absolute atomic E-state index is 12.3. The van der Waals surface area contributed by atoms with Gasteiger partial charge in [-0.25, -0.2) is 4.98 Å². The number of ether oxygens (including phenoxy) is 2. The van der Waals surface area contributed by atoms with Gasteiger partial charge in [0.05, 0.1) is 18.6 Å². The molecule has 128 valence electrons. The number of fused-ring (bicyclic) bond motifs is 2.